The molecule has 2 aromatic carbocycles. The number of nitrogens with two attached hydrogens (primary N) is 1. The van der Waals surface area contributed by atoms with E-state index in [4.69, 9.17) is 34.3 Å². The summed E-state index contributed by atoms with van der Waals surface area (Å²) in [5.41, 5.74) is 7.88. The lowest BCUT2D eigenvalue weighted by molar-refractivity contribution is 0.109. The molecule has 29 heavy (non-hydrogen) atoms. The number of benzene rings is 2. The molecule has 0 bridgehead atoms. The Hall–Kier alpha value is -2.62. The van der Waals surface area contributed by atoms with Crippen molar-refractivity contribution < 1.29 is 13.9 Å². The standard InChI is InChI=1S/C19H21ClFN5O2S/c1-23-17(27)24-9-11-4-3-5-15(22)16(11)26-18(29)25-19(26,10-28-2)12-6-7-14(21)13(20)8-12/h3-8H,9-10,22H2,1-2H3,(H,25,29)(H2,23,24,27). The number of carbonyl (C=O) groups excluding carboxylic acids is 1. The quantitative estimate of drug-likeness (QED) is 0.410. The Balaban J connectivity index is 2.09. The van der Waals surface area contributed by atoms with E-state index in [0.717, 1.165) is 5.56 Å². The fourth-order valence-corrected chi connectivity index (χ4v) is 3.94. The van der Waals surface area contributed by atoms with Crippen LogP contribution in [0.3, 0.4) is 0 Å². The minimum absolute atomic E-state index is 0.0138. The van der Waals surface area contributed by atoms with E-state index in [1.165, 1.54) is 19.2 Å². The van der Waals surface area contributed by atoms with E-state index >= 15 is 0 Å². The van der Waals surface area contributed by atoms with Gasteiger partial charge in [-0.15, -0.1) is 0 Å². The number of urea groups is 1. The second-order valence-corrected chi connectivity index (χ2v) is 7.27. The van der Waals surface area contributed by atoms with Crippen molar-refractivity contribution in [1.82, 2.24) is 16.0 Å². The van der Waals surface area contributed by atoms with Crippen LogP contribution in [0.2, 0.25) is 5.02 Å². The molecule has 7 nitrogen and oxygen atoms in total. The first-order chi connectivity index (χ1) is 13.8. The molecule has 2 amide bonds. The van der Waals surface area contributed by atoms with Gasteiger partial charge in [0.2, 0.25) is 0 Å². The van der Waals surface area contributed by atoms with Gasteiger partial charge in [-0.05, 0) is 36.0 Å². The molecular weight excluding hydrogens is 417 g/mol. The first-order valence-corrected chi connectivity index (χ1v) is 9.52. The van der Waals surface area contributed by atoms with Crippen molar-refractivity contribution in [2.75, 3.05) is 31.4 Å². The van der Waals surface area contributed by atoms with Gasteiger partial charge in [0.25, 0.3) is 0 Å². The van der Waals surface area contributed by atoms with Crippen molar-refractivity contribution in [3.05, 3.63) is 58.4 Å². The maximum atomic E-state index is 13.7. The number of para-hydroxylation sites is 1. The van der Waals surface area contributed by atoms with Gasteiger partial charge in [0.15, 0.2) is 10.8 Å². The minimum atomic E-state index is -0.930. The van der Waals surface area contributed by atoms with E-state index in [1.54, 1.807) is 25.3 Å². The van der Waals surface area contributed by atoms with E-state index < -0.39 is 11.5 Å². The van der Waals surface area contributed by atoms with Crippen molar-refractivity contribution in [1.29, 1.82) is 0 Å². The number of methoxy groups -OCH3 is 1. The molecule has 1 atom stereocenters. The summed E-state index contributed by atoms with van der Waals surface area (Å²) in [6.45, 7) is 0.415. The number of ether oxygens (including phenoxy) is 1. The molecule has 1 aliphatic heterocycles. The zero-order valence-electron chi connectivity index (χ0n) is 15.9. The number of halogens is 2. The number of hydrogen-bond donors (Lipinski definition) is 4. The van der Waals surface area contributed by atoms with E-state index in [9.17, 15) is 9.18 Å². The number of carbonyl (C=O) groups is 1. The summed E-state index contributed by atoms with van der Waals surface area (Å²) in [4.78, 5) is 13.5. The summed E-state index contributed by atoms with van der Waals surface area (Å²) in [7, 11) is 3.09. The van der Waals surface area contributed by atoms with Crippen molar-refractivity contribution in [2.45, 2.75) is 12.2 Å². The topological polar surface area (TPSA) is 91.7 Å². The van der Waals surface area contributed by atoms with Crippen molar-refractivity contribution in [2.24, 2.45) is 0 Å². The molecule has 0 radical (unpaired) electrons. The number of nitrogens with one attached hydrogen (secondary N) is 3. The average Bonchev–Trinajstić information content (AvgIpc) is 2.69. The van der Waals surface area contributed by atoms with Crippen LogP contribution in [-0.2, 0) is 16.9 Å². The number of nitrogen functional groups attached to an aromatic ring is 1. The number of hydrogen-bond acceptors (Lipinski definition) is 4. The van der Waals surface area contributed by atoms with E-state index in [1.807, 2.05) is 11.0 Å². The summed E-state index contributed by atoms with van der Waals surface area (Å²) in [5, 5.41) is 8.86. The second-order valence-electron chi connectivity index (χ2n) is 6.48. The van der Waals surface area contributed by atoms with Crippen LogP contribution in [0.25, 0.3) is 0 Å². The van der Waals surface area contributed by atoms with Crippen molar-refractivity contribution in [3.8, 4) is 0 Å². The minimum Gasteiger partial charge on any atom is -0.397 e. The predicted molar refractivity (Wildman–Crippen MR) is 115 cm³/mol. The molecule has 0 spiro atoms. The molecule has 1 heterocycles. The van der Waals surface area contributed by atoms with E-state index in [2.05, 4.69) is 16.0 Å². The normalized spacial score (nSPS) is 18.1. The van der Waals surface area contributed by atoms with Crippen LogP contribution in [0, 0.1) is 5.82 Å². The van der Waals surface area contributed by atoms with Crippen molar-refractivity contribution in [3.63, 3.8) is 0 Å². The smallest absolute Gasteiger partial charge is 0.314 e. The number of nitrogens with zero attached hydrogens (tertiary/aromatic N) is 1. The first kappa shape index (κ1) is 21.1. The average molecular weight is 438 g/mol. The molecular formula is C19H21ClFN5O2S. The van der Waals surface area contributed by atoms with Crippen LogP contribution >= 0.6 is 23.8 Å². The van der Waals surface area contributed by atoms with E-state index in [-0.39, 0.29) is 24.2 Å². The highest BCUT2D eigenvalue weighted by molar-refractivity contribution is 7.80. The van der Waals surface area contributed by atoms with Crippen LogP contribution in [0.15, 0.2) is 36.4 Å². The number of amides is 2. The van der Waals surface area contributed by atoms with Gasteiger partial charge in [-0.1, -0.05) is 29.8 Å². The monoisotopic (exact) mass is 437 g/mol. The SMILES string of the molecule is CNC(=O)NCc1cccc(N)c1N1C(=S)NC1(COC)c1ccc(F)c(Cl)c1. The van der Waals surface area contributed by atoms with Gasteiger partial charge in [-0.3, -0.25) is 4.90 Å². The molecule has 1 aliphatic rings. The highest BCUT2D eigenvalue weighted by atomic mass is 35.5. The largest absolute Gasteiger partial charge is 0.397 e. The maximum Gasteiger partial charge on any atom is 0.314 e. The van der Waals surface area contributed by atoms with Gasteiger partial charge >= 0.3 is 6.03 Å². The molecule has 1 unspecified atom stereocenters. The Labute approximate surface area is 178 Å². The first-order valence-electron chi connectivity index (χ1n) is 8.74. The van der Waals surface area contributed by atoms with Gasteiger partial charge < -0.3 is 26.4 Å². The van der Waals surface area contributed by atoms with Gasteiger partial charge in [0.1, 0.15) is 5.82 Å². The third-order valence-electron chi connectivity index (χ3n) is 4.69. The van der Waals surface area contributed by atoms with Crippen LogP contribution in [0.4, 0.5) is 20.6 Å². The lowest BCUT2D eigenvalue weighted by atomic mass is 9.92. The van der Waals surface area contributed by atoms with Crippen molar-refractivity contribution >= 4 is 46.3 Å². The predicted octanol–water partition coefficient (Wildman–Crippen LogP) is 2.68. The Bertz CT molecular complexity index is 960. The molecule has 0 saturated carbocycles. The fourth-order valence-electron chi connectivity index (χ4n) is 3.34. The summed E-state index contributed by atoms with van der Waals surface area (Å²) < 4.78 is 19.2. The summed E-state index contributed by atoms with van der Waals surface area (Å²) >= 11 is 11.5. The van der Waals surface area contributed by atoms with Gasteiger partial charge in [-0.25, -0.2) is 9.18 Å². The number of rotatable bonds is 6. The zero-order chi connectivity index (χ0) is 21.2. The molecule has 154 valence electrons. The molecule has 5 N–H and O–H groups in total. The molecule has 3 rings (SSSR count). The highest BCUT2D eigenvalue weighted by Gasteiger charge is 2.51. The molecule has 1 fully saturated rings. The van der Waals surface area contributed by atoms with Gasteiger partial charge in [0.05, 0.1) is 23.0 Å². The lowest BCUT2D eigenvalue weighted by Gasteiger charge is -2.55. The summed E-state index contributed by atoms with van der Waals surface area (Å²) in [6, 6.07) is 9.49. The Morgan fingerprint density at radius 2 is 2.17 bits per heavy atom. The molecule has 2 aromatic rings. The fraction of sp³-hybridized carbons (Fsp3) is 0.263. The van der Waals surface area contributed by atoms with Gasteiger partial charge in [0, 0.05) is 26.3 Å². The number of thiocarbonyl (C=S) groups is 1. The van der Waals surface area contributed by atoms with Crippen LogP contribution in [0.5, 0.6) is 0 Å². The van der Waals surface area contributed by atoms with Crippen LogP contribution in [-0.4, -0.2) is 31.9 Å². The van der Waals surface area contributed by atoms with E-state index in [0.29, 0.717) is 22.1 Å². The number of anilines is 2. The second kappa shape index (κ2) is 8.40. The Morgan fingerprint density at radius 3 is 2.79 bits per heavy atom. The summed E-state index contributed by atoms with van der Waals surface area (Å²) in [6.07, 6.45) is 0. The molecule has 1 saturated heterocycles. The zero-order valence-corrected chi connectivity index (χ0v) is 17.5. The molecule has 0 aliphatic carbocycles. The third-order valence-corrected chi connectivity index (χ3v) is 5.26. The maximum absolute atomic E-state index is 13.7. The van der Waals surface area contributed by atoms with Gasteiger partial charge in [-0.2, -0.15) is 0 Å². The molecule has 0 aromatic heterocycles. The lowest BCUT2D eigenvalue weighted by Crippen LogP contribution is -2.76. The van der Waals surface area contributed by atoms with Crippen LogP contribution < -0.4 is 26.6 Å². The Kier molecular flexibility index (Phi) is 6.11. The molecule has 10 heteroatoms. The van der Waals surface area contributed by atoms with Crippen LogP contribution in [0.1, 0.15) is 11.1 Å². The summed E-state index contributed by atoms with van der Waals surface area (Å²) in [5.74, 6) is -0.522. The third kappa shape index (κ3) is 3.81. The Morgan fingerprint density at radius 1 is 1.41 bits per heavy atom. The highest BCUT2D eigenvalue weighted by Crippen LogP contribution is 2.43.